The fourth-order valence-electron chi connectivity index (χ4n) is 3.14. The quantitative estimate of drug-likeness (QED) is 0.864. The summed E-state index contributed by atoms with van der Waals surface area (Å²) in [4.78, 5) is 4.80. The lowest BCUT2D eigenvalue weighted by molar-refractivity contribution is 0.0683. The highest BCUT2D eigenvalue weighted by atomic mass is 79.9. The molecule has 1 aromatic rings. The average Bonchev–Trinajstić information content (AvgIpc) is 2.33. The van der Waals surface area contributed by atoms with E-state index in [-0.39, 0.29) is 0 Å². The Morgan fingerprint density at radius 2 is 1.95 bits per heavy atom. The van der Waals surface area contributed by atoms with Gasteiger partial charge in [-0.2, -0.15) is 0 Å². The van der Waals surface area contributed by atoms with Crippen LogP contribution in [-0.2, 0) is 6.42 Å². The van der Waals surface area contributed by atoms with Crippen molar-refractivity contribution in [3.63, 3.8) is 0 Å². The third kappa shape index (κ3) is 3.18. The van der Waals surface area contributed by atoms with Gasteiger partial charge in [0.1, 0.15) is 0 Å². The zero-order valence-electron chi connectivity index (χ0n) is 12.8. The van der Waals surface area contributed by atoms with E-state index in [0.29, 0.717) is 12.1 Å². The zero-order valence-corrected chi connectivity index (χ0v) is 14.4. The van der Waals surface area contributed by atoms with Gasteiger partial charge in [-0.15, -0.1) is 0 Å². The number of rotatable bonds is 6. The first-order valence-corrected chi connectivity index (χ1v) is 8.15. The summed E-state index contributed by atoms with van der Waals surface area (Å²) in [5.74, 6) is 0. The van der Waals surface area contributed by atoms with Gasteiger partial charge in [0.15, 0.2) is 0 Å². The van der Waals surface area contributed by atoms with E-state index in [9.17, 15) is 0 Å². The van der Waals surface area contributed by atoms with E-state index in [1.54, 1.807) is 0 Å². The molecule has 0 radical (unpaired) electrons. The van der Waals surface area contributed by atoms with Gasteiger partial charge in [0.05, 0.1) is 0 Å². The minimum atomic E-state index is 0.349. The minimum absolute atomic E-state index is 0.349. The molecule has 1 aromatic carbocycles. The van der Waals surface area contributed by atoms with Crippen LogP contribution in [-0.4, -0.2) is 44.7 Å². The normalized spacial score (nSPS) is 17.1. The van der Waals surface area contributed by atoms with Gasteiger partial charge in [0, 0.05) is 29.3 Å². The van der Waals surface area contributed by atoms with Crippen LogP contribution in [0.3, 0.4) is 0 Å². The highest BCUT2D eigenvalue weighted by molar-refractivity contribution is 9.10. The molecule has 112 valence electrons. The van der Waals surface area contributed by atoms with E-state index in [1.807, 2.05) is 0 Å². The van der Waals surface area contributed by atoms with Crippen LogP contribution in [0.1, 0.15) is 24.8 Å². The molecule has 20 heavy (non-hydrogen) atoms. The Labute approximate surface area is 131 Å². The summed E-state index contributed by atoms with van der Waals surface area (Å²) < 4.78 is 1.13. The average molecular weight is 340 g/mol. The van der Waals surface area contributed by atoms with Crippen LogP contribution < -0.4 is 10.6 Å². The maximum absolute atomic E-state index is 5.75. The van der Waals surface area contributed by atoms with Gasteiger partial charge in [-0.05, 0) is 70.1 Å². The summed E-state index contributed by atoms with van der Waals surface area (Å²) in [5, 5.41) is 0. The summed E-state index contributed by atoms with van der Waals surface area (Å²) in [6, 6.07) is 6.52. The van der Waals surface area contributed by atoms with E-state index < -0.39 is 0 Å². The first kappa shape index (κ1) is 15.8. The molecule has 0 atom stereocenters. The lowest BCUT2D eigenvalue weighted by Crippen LogP contribution is -2.56. The molecule has 1 fully saturated rings. The summed E-state index contributed by atoms with van der Waals surface area (Å²) in [6.45, 7) is 1.77. The fraction of sp³-hybridized carbons (Fsp3) is 0.625. The first-order valence-electron chi connectivity index (χ1n) is 7.35. The number of hydrogen-bond donors (Lipinski definition) is 1. The molecule has 0 aromatic heterocycles. The Morgan fingerprint density at radius 1 is 1.25 bits per heavy atom. The van der Waals surface area contributed by atoms with Crippen molar-refractivity contribution < 1.29 is 0 Å². The Balaban J connectivity index is 2.18. The second kappa shape index (κ2) is 6.46. The molecule has 4 heteroatoms. The van der Waals surface area contributed by atoms with Gasteiger partial charge in [-0.3, -0.25) is 0 Å². The Kier molecular flexibility index (Phi) is 5.10. The molecule has 0 heterocycles. The van der Waals surface area contributed by atoms with Crippen molar-refractivity contribution in [2.75, 3.05) is 39.1 Å². The van der Waals surface area contributed by atoms with E-state index in [1.165, 1.54) is 30.5 Å². The summed E-state index contributed by atoms with van der Waals surface area (Å²) >= 11 is 3.56. The summed E-state index contributed by atoms with van der Waals surface area (Å²) in [5.41, 5.74) is 8.74. The van der Waals surface area contributed by atoms with E-state index in [4.69, 9.17) is 5.73 Å². The van der Waals surface area contributed by atoms with Gasteiger partial charge in [-0.25, -0.2) is 0 Å². The topological polar surface area (TPSA) is 32.5 Å². The third-order valence-corrected chi connectivity index (χ3v) is 5.12. The molecule has 0 aliphatic heterocycles. The van der Waals surface area contributed by atoms with Crippen LogP contribution in [0, 0.1) is 0 Å². The molecule has 2 rings (SSSR count). The molecule has 0 unspecified atom stereocenters. The molecule has 1 aliphatic rings. The molecule has 3 nitrogen and oxygen atoms in total. The van der Waals surface area contributed by atoms with Gasteiger partial charge < -0.3 is 15.5 Å². The minimum Gasteiger partial charge on any atom is -0.373 e. The lowest BCUT2D eigenvalue weighted by Gasteiger charge is -2.49. The number of hydrogen-bond acceptors (Lipinski definition) is 3. The van der Waals surface area contributed by atoms with Crippen molar-refractivity contribution in [3.05, 3.63) is 28.2 Å². The van der Waals surface area contributed by atoms with E-state index in [0.717, 1.165) is 17.4 Å². The van der Waals surface area contributed by atoms with Crippen LogP contribution in [0.2, 0.25) is 0 Å². The van der Waals surface area contributed by atoms with Gasteiger partial charge in [0.25, 0.3) is 0 Å². The number of benzene rings is 1. The van der Waals surface area contributed by atoms with Crippen LogP contribution in [0.25, 0.3) is 0 Å². The molecular weight excluding hydrogens is 314 g/mol. The van der Waals surface area contributed by atoms with Crippen LogP contribution in [0.5, 0.6) is 0 Å². The van der Waals surface area contributed by atoms with Crippen molar-refractivity contribution in [2.24, 2.45) is 5.73 Å². The first-order chi connectivity index (χ1) is 9.48. The molecule has 1 saturated carbocycles. The maximum atomic E-state index is 5.75. The van der Waals surface area contributed by atoms with E-state index in [2.05, 4.69) is 65.1 Å². The number of likely N-dealkylation sites (N-methyl/N-ethyl adjacent to an activating group) is 2. The number of halogens is 1. The second-order valence-electron chi connectivity index (χ2n) is 6.14. The van der Waals surface area contributed by atoms with Crippen LogP contribution in [0.15, 0.2) is 22.7 Å². The Hall–Kier alpha value is -0.580. The van der Waals surface area contributed by atoms with E-state index >= 15 is 0 Å². The van der Waals surface area contributed by atoms with Crippen LogP contribution >= 0.6 is 15.9 Å². The SMILES string of the molecule is CN(CC1(N(C)C)CCC1)c1ccc(Br)cc1CCN. The maximum Gasteiger partial charge on any atom is 0.0398 e. The standard InChI is InChI=1S/C16H26BrN3/c1-19(2)16(8-4-9-16)12-20(3)15-6-5-14(17)11-13(15)7-10-18/h5-6,11H,4,7-10,12,18H2,1-3H3. The van der Waals surface area contributed by atoms with Crippen molar-refractivity contribution in [1.29, 1.82) is 0 Å². The highest BCUT2D eigenvalue weighted by Gasteiger charge is 2.40. The van der Waals surface area contributed by atoms with Crippen molar-refractivity contribution in [2.45, 2.75) is 31.2 Å². The molecular formula is C16H26BrN3. The largest absolute Gasteiger partial charge is 0.373 e. The predicted octanol–water partition coefficient (Wildman–Crippen LogP) is 2.87. The van der Waals surface area contributed by atoms with Crippen molar-refractivity contribution >= 4 is 21.6 Å². The molecule has 0 amide bonds. The molecule has 1 aliphatic carbocycles. The second-order valence-corrected chi connectivity index (χ2v) is 7.06. The van der Waals surface area contributed by atoms with Gasteiger partial charge >= 0.3 is 0 Å². The van der Waals surface area contributed by atoms with Crippen LogP contribution in [0.4, 0.5) is 5.69 Å². The Bertz CT molecular complexity index is 455. The smallest absolute Gasteiger partial charge is 0.0398 e. The predicted molar refractivity (Wildman–Crippen MR) is 90.4 cm³/mol. The molecule has 2 N–H and O–H groups in total. The fourth-order valence-corrected chi connectivity index (χ4v) is 3.55. The number of anilines is 1. The number of nitrogens with zero attached hydrogens (tertiary/aromatic N) is 2. The third-order valence-electron chi connectivity index (χ3n) is 4.63. The number of nitrogens with two attached hydrogens (primary N) is 1. The zero-order chi connectivity index (χ0) is 14.8. The van der Waals surface area contributed by atoms with Gasteiger partial charge in [-0.1, -0.05) is 15.9 Å². The highest BCUT2D eigenvalue weighted by Crippen LogP contribution is 2.38. The lowest BCUT2D eigenvalue weighted by atomic mass is 9.75. The molecule has 0 saturated heterocycles. The molecule has 0 bridgehead atoms. The van der Waals surface area contributed by atoms with Crippen molar-refractivity contribution in [3.8, 4) is 0 Å². The van der Waals surface area contributed by atoms with Crippen molar-refractivity contribution in [1.82, 2.24) is 4.90 Å². The van der Waals surface area contributed by atoms with Gasteiger partial charge in [0.2, 0.25) is 0 Å². The molecule has 0 spiro atoms. The summed E-state index contributed by atoms with van der Waals surface area (Å²) in [7, 11) is 6.61. The summed E-state index contributed by atoms with van der Waals surface area (Å²) in [6.07, 6.45) is 4.87. The Morgan fingerprint density at radius 3 is 2.45 bits per heavy atom. The monoisotopic (exact) mass is 339 g/mol.